The van der Waals surface area contributed by atoms with Gasteiger partial charge in [-0.3, -0.25) is 24.0 Å². The second-order valence-electron chi connectivity index (χ2n) is 18.3. The number of ether oxygens (including phenoxy) is 8. The number of methoxy groups -OCH3 is 2. The first kappa shape index (κ1) is 58.1. The molecule has 0 radical (unpaired) electrons. The van der Waals surface area contributed by atoms with Gasteiger partial charge in [0.15, 0.2) is 18.1 Å². The molecule has 1 saturated heterocycles. The lowest BCUT2D eigenvalue weighted by molar-refractivity contribution is -0.164. The molecule has 2 unspecified atom stereocenters. The van der Waals surface area contributed by atoms with Gasteiger partial charge < -0.3 is 58.3 Å². The maximum absolute atomic E-state index is 14.0. The van der Waals surface area contributed by atoms with Crippen molar-refractivity contribution < 1.29 is 66.7 Å². The lowest BCUT2D eigenvalue weighted by atomic mass is 9.84. The summed E-state index contributed by atoms with van der Waals surface area (Å²) in [6.45, 7) is 8.92. The van der Waals surface area contributed by atoms with E-state index in [0.717, 1.165) is 29.7 Å². The number of ketones is 1. The van der Waals surface area contributed by atoms with Crippen molar-refractivity contribution in [3.63, 3.8) is 0 Å². The number of piperidine rings is 1. The number of carbonyl (C=O) groups excluding carboxylic acids is 6. The first-order valence-corrected chi connectivity index (χ1v) is 25.7. The van der Waals surface area contributed by atoms with Crippen LogP contribution >= 0.6 is 11.6 Å². The molecule has 0 aliphatic carbocycles. The highest BCUT2D eigenvalue weighted by Crippen LogP contribution is 2.34. The standard InChI is InChI=1S/C54H73ClN4O14/c1-6-54(2,3)51(63)52(64)59-23-8-7-14-44(59)53(65)73-45(19-15-38-16-20-46(66-4)47(33-38)67-5)40-11-9-13-41(34-40)57-48(60)21-25-68-27-29-70-31-32-71-30-28-69-26-22-56-49(61)37-72-42-17-18-43-39(35-42)12-10-24-58(43)50(62)36-55/h9,11,13,16-18,20,33-35,44-45H,6-8,10,12,14-15,19,21-32,36-37H2,1-5H3,(H,56,61)(H,57,60). The summed E-state index contributed by atoms with van der Waals surface area (Å²) in [6.07, 6.45) is 4.12. The molecule has 0 bridgehead atoms. The number of hydrogen-bond donors (Lipinski definition) is 2. The highest BCUT2D eigenvalue weighted by Gasteiger charge is 2.41. The van der Waals surface area contributed by atoms with Crippen LogP contribution in [0.25, 0.3) is 0 Å². The Morgan fingerprint density at radius 2 is 1.49 bits per heavy atom. The van der Waals surface area contributed by atoms with Gasteiger partial charge in [0.05, 0.1) is 73.5 Å². The van der Waals surface area contributed by atoms with Crippen molar-refractivity contribution in [2.75, 3.05) is 109 Å². The molecule has 0 spiro atoms. The van der Waals surface area contributed by atoms with E-state index in [-0.39, 0.29) is 56.4 Å². The van der Waals surface area contributed by atoms with Crippen LogP contribution in [0.2, 0.25) is 0 Å². The zero-order chi connectivity index (χ0) is 52.6. The SMILES string of the molecule is CCC(C)(C)C(=O)C(=O)N1CCCCC1C(=O)OC(CCc1ccc(OC)c(OC)c1)c1cccc(NC(=O)CCOCCOCCOCCOCCNC(=O)COc2ccc3c(c2)CCCN3C(=O)CCl)c1. The Bertz CT molecular complexity index is 2290. The molecule has 2 heterocycles. The highest BCUT2D eigenvalue weighted by molar-refractivity contribution is 6.38. The normalized spacial score (nSPS) is 14.9. The summed E-state index contributed by atoms with van der Waals surface area (Å²) in [4.78, 5) is 81.2. The van der Waals surface area contributed by atoms with Crippen molar-refractivity contribution in [1.29, 1.82) is 0 Å². The zero-order valence-corrected chi connectivity index (χ0v) is 43.7. The van der Waals surface area contributed by atoms with Gasteiger partial charge in [0.25, 0.3) is 11.8 Å². The molecule has 18 nitrogen and oxygen atoms in total. The topological polar surface area (TPSA) is 207 Å². The summed E-state index contributed by atoms with van der Waals surface area (Å²) in [5.41, 5.74) is 3.04. The van der Waals surface area contributed by atoms with Crippen LogP contribution in [-0.2, 0) is 65.3 Å². The summed E-state index contributed by atoms with van der Waals surface area (Å²) < 4.78 is 45.1. The number of amides is 4. The van der Waals surface area contributed by atoms with Gasteiger partial charge in [-0.05, 0) is 111 Å². The lowest BCUT2D eigenvalue weighted by Crippen LogP contribution is -2.53. The quantitative estimate of drug-likeness (QED) is 0.0309. The number of carbonyl (C=O) groups is 6. The van der Waals surface area contributed by atoms with E-state index in [9.17, 15) is 28.8 Å². The minimum atomic E-state index is -0.902. The molecule has 2 aliphatic rings. The van der Waals surface area contributed by atoms with E-state index >= 15 is 0 Å². The number of esters is 1. The number of fused-ring (bicyclic) bond motifs is 1. The van der Waals surface area contributed by atoms with Crippen molar-refractivity contribution in [3.05, 3.63) is 77.4 Å². The molecule has 1 fully saturated rings. The third-order valence-electron chi connectivity index (χ3n) is 12.8. The van der Waals surface area contributed by atoms with Gasteiger partial charge in [0, 0.05) is 36.4 Å². The summed E-state index contributed by atoms with van der Waals surface area (Å²) in [6, 6.07) is 17.2. The Kier molecular flexibility index (Phi) is 24.2. The number of likely N-dealkylation sites (tertiary alicyclic amines) is 1. The highest BCUT2D eigenvalue weighted by atomic mass is 35.5. The number of alkyl halides is 1. The van der Waals surface area contributed by atoms with Crippen molar-refractivity contribution in [2.24, 2.45) is 5.41 Å². The van der Waals surface area contributed by atoms with Crippen molar-refractivity contribution >= 4 is 58.4 Å². The van der Waals surface area contributed by atoms with Crippen LogP contribution in [0, 0.1) is 5.41 Å². The molecule has 2 atom stereocenters. The first-order chi connectivity index (χ1) is 35.3. The van der Waals surface area contributed by atoms with Gasteiger partial charge >= 0.3 is 5.97 Å². The smallest absolute Gasteiger partial charge is 0.329 e. The number of aryl methyl sites for hydroxylation is 2. The number of halogens is 1. The van der Waals surface area contributed by atoms with Gasteiger partial charge in [-0.15, -0.1) is 11.6 Å². The van der Waals surface area contributed by atoms with Gasteiger partial charge in [-0.1, -0.05) is 39.0 Å². The van der Waals surface area contributed by atoms with Crippen LogP contribution in [0.4, 0.5) is 11.4 Å². The molecule has 5 rings (SSSR count). The summed E-state index contributed by atoms with van der Waals surface area (Å²) in [5, 5.41) is 5.67. The number of benzene rings is 3. The molecule has 2 N–H and O–H groups in total. The predicted octanol–water partition coefficient (Wildman–Crippen LogP) is 6.42. The minimum Gasteiger partial charge on any atom is -0.493 e. The molecule has 0 saturated carbocycles. The van der Waals surface area contributed by atoms with E-state index in [1.165, 1.54) is 4.90 Å². The van der Waals surface area contributed by atoms with Crippen LogP contribution in [-0.4, -0.2) is 146 Å². The number of anilines is 2. The van der Waals surface area contributed by atoms with Gasteiger partial charge in [-0.25, -0.2) is 4.79 Å². The predicted molar refractivity (Wildman–Crippen MR) is 274 cm³/mol. The van der Waals surface area contributed by atoms with Gasteiger partial charge in [0.2, 0.25) is 17.6 Å². The van der Waals surface area contributed by atoms with E-state index < -0.39 is 35.2 Å². The van der Waals surface area contributed by atoms with Crippen LogP contribution in [0.15, 0.2) is 60.7 Å². The summed E-state index contributed by atoms with van der Waals surface area (Å²) >= 11 is 5.75. The molecule has 19 heteroatoms. The largest absolute Gasteiger partial charge is 0.493 e. The Labute approximate surface area is 433 Å². The van der Waals surface area contributed by atoms with E-state index in [0.29, 0.717) is 120 Å². The van der Waals surface area contributed by atoms with Crippen molar-refractivity contribution in [1.82, 2.24) is 10.2 Å². The van der Waals surface area contributed by atoms with Crippen LogP contribution < -0.4 is 29.7 Å². The van der Waals surface area contributed by atoms with E-state index in [2.05, 4.69) is 10.6 Å². The molecule has 400 valence electrons. The molecular weight excluding hydrogens is 964 g/mol. The fourth-order valence-electron chi connectivity index (χ4n) is 8.27. The molecule has 0 aromatic heterocycles. The fourth-order valence-corrected chi connectivity index (χ4v) is 8.41. The van der Waals surface area contributed by atoms with E-state index in [1.54, 1.807) is 57.2 Å². The van der Waals surface area contributed by atoms with Crippen LogP contribution in [0.1, 0.15) is 88.5 Å². The van der Waals surface area contributed by atoms with E-state index in [1.807, 2.05) is 43.3 Å². The second kappa shape index (κ2) is 30.4. The monoisotopic (exact) mass is 1040 g/mol. The Morgan fingerprint density at radius 3 is 2.19 bits per heavy atom. The first-order valence-electron chi connectivity index (χ1n) is 25.1. The molecule has 3 aromatic carbocycles. The fraction of sp³-hybridized carbons (Fsp3) is 0.556. The number of hydrogen-bond acceptors (Lipinski definition) is 14. The second-order valence-corrected chi connectivity index (χ2v) is 18.6. The number of Topliss-reactive ketones (excluding diaryl/α,β-unsaturated/α-hetero) is 1. The Balaban J connectivity index is 0.965. The Morgan fingerprint density at radius 1 is 0.781 bits per heavy atom. The third-order valence-corrected chi connectivity index (χ3v) is 13.0. The Hall–Kier alpha value is -5.79. The number of nitrogens with zero attached hydrogens (tertiary/aromatic N) is 2. The summed E-state index contributed by atoms with van der Waals surface area (Å²) in [5.74, 6) is -0.812. The average Bonchev–Trinajstić information content (AvgIpc) is 3.41. The van der Waals surface area contributed by atoms with Gasteiger partial charge in [0.1, 0.15) is 23.8 Å². The molecule has 4 amide bonds. The third kappa shape index (κ3) is 18.3. The minimum absolute atomic E-state index is 0.0747. The molecule has 2 aliphatic heterocycles. The van der Waals surface area contributed by atoms with Crippen LogP contribution in [0.5, 0.6) is 17.2 Å². The van der Waals surface area contributed by atoms with Crippen molar-refractivity contribution in [2.45, 2.75) is 90.7 Å². The van der Waals surface area contributed by atoms with Crippen LogP contribution in [0.3, 0.4) is 0 Å². The average molecular weight is 1040 g/mol. The van der Waals surface area contributed by atoms with E-state index in [4.69, 9.17) is 49.5 Å². The summed E-state index contributed by atoms with van der Waals surface area (Å²) in [7, 11) is 3.13. The zero-order valence-electron chi connectivity index (χ0n) is 43.0. The van der Waals surface area contributed by atoms with Gasteiger partial charge in [-0.2, -0.15) is 0 Å². The number of nitrogens with one attached hydrogen (secondary N) is 2. The maximum Gasteiger partial charge on any atom is 0.329 e. The molecule has 3 aromatic rings. The number of rotatable bonds is 31. The maximum atomic E-state index is 14.0. The molecule has 73 heavy (non-hydrogen) atoms. The molecular formula is C54H73ClN4O14. The van der Waals surface area contributed by atoms with Crippen molar-refractivity contribution in [3.8, 4) is 17.2 Å². The lowest BCUT2D eigenvalue weighted by Gasteiger charge is -2.36.